The van der Waals surface area contributed by atoms with Gasteiger partial charge in [0.2, 0.25) is 5.91 Å². The molecule has 0 aliphatic carbocycles. The molecule has 2 atom stereocenters. The number of amides is 1. The summed E-state index contributed by atoms with van der Waals surface area (Å²) in [4.78, 5) is 14.4. The molecule has 1 saturated heterocycles. The van der Waals surface area contributed by atoms with Gasteiger partial charge in [-0.1, -0.05) is 18.2 Å². The molecule has 1 fully saturated rings. The molecule has 1 amide bonds. The number of anilines is 1. The van der Waals surface area contributed by atoms with Gasteiger partial charge < -0.3 is 20.7 Å². The van der Waals surface area contributed by atoms with Crippen LogP contribution < -0.4 is 16.0 Å². The maximum atomic E-state index is 13.2. The van der Waals surface area contributed by atoms with Gasteiger partial charge in [0.15, 0.2) is 11.6 Å². The monoisotopic (exact) mass is 401 g/mol. The molecule has 0 radical (unpaired) electrons. The van der Waals surface area contributed by atoms with Crippen molar-refractivity contribution >= 4 is 17.7 Å². The summed E-state index contributed by atoms with van der Waals surface area (Å²) in [6.07, 6.45) is 2.77. The van der Waals surface area contributed by atoms with E-state index < -0.39 is 11.6 Å². The minimum absolute atomic E-state index is 0.0194. The molecule has 1 aliphatic rings. The Hall–Kier alpha value is -2.77. The molecule has 0 spiro atoms. The number of benzene rings is 2. The SMILES string of the molecule is CC(NC(=O)/C=C/c1ccc(F)c(F)c1)c1cccc(N2CCOC(CN)C2)c1. The number of carbonyl (C=O) groups excluding carboxylic acids is 1. The van der Waals surface area contributed by atoms with E-state index in [1.807, 2.05) is 31.2 Å². The molecule has 29 heavy (non-hydrogen) atoms. The summed E-state index contributed by atoms with van der Waals surface area (Å²) >= 11 is 0. The first-order valence-electron chi connectivity index (χ1n) is 9.56. The van der Waals surface area contributed by atoms with E-state index in [0.29, 0.717) is 18.7 Å². The van der Waals surface area contributed by atoms with Gasteiger partial charge in [-0.2, -0.15) is 0 Å². The van der Waals surface area contributed by atoms with Crippen molar-refractivity contribution in [2.24, 2.45) is 5.73 Å². The number of rotatable bonds is 6. The highest BCUT2D eigenvalue weighted by Crippen LogP contribution is 2.22. The highest BCUT2D eigenvalue weighted by atomic mass is 19.2. The quantitative estimate of drug-likeness (QED) is 0.731. The van der Waals surface area contributed by atoms with Crippen LogP contribution in [0.1, 0.15) is 24.1 Å². The molecular formula is C22H25F2N3O2. The van der Waals surface area contributed by atoms with Crippen LogP contribution in [0.4, 0.5) is 14.5 Å². The Morgan fingerprint density at radius 1 is 1.31 bits per heavy atom. The number of carbonyl (C=O) groups is 1. The first-order valence-corrected chi connectivity index (χ1v) is 9.56. The number of ether oxygens (including phenoxy) is 1. The summed E-state index contributed by atoms with van der Waals surface area (Å²) < 4.78 is 31.8. The molecule has 2 aromatic carbocycles. The molecule has 5 nitrogen and oxygen atoms in total. The lowest BCUT2D eigenvalue weighted by Gasteiger charge is -2.34. The molecule has 0 saturated carbocycles. The van der Waals surface area contributed by atoms with Gasteiger partial charge in [-0.25, -0.2) is 8.78 Å². The number of nitrogens with two attached hydrogens (primary N) is 1. The molecular weight excluding hydrogens is 376 g/mol. The molecule has 0 aromatic heterocycles. The van der Waals surface area contributed by atoms with E-state index in [4.69, 9.17) is 10.5 Å². The van der Waals surface area contributed by atoms with Crippen LogP contribution in [0.15, 0.2) is 48.5 Å². The van der Waals surface area contributed by atoms with E-state index in [0.717, 1.165) is 36.5 Å². The van der Waals surface area contributed by atoms with Crippen molar-refractivity contribution in [3.8, 4) is 0 Å². The van der Waals surface area contributed by atoms with Crippen molar-refractivity contribution in [2.75, 3.05) is 31.1 Å². The van der Waals surface area contributed by atoms with Gasteiger partial charge in [-0.15, -0.1) is 0 Å². The minimum Gasteiger partial charge on any atom is -0.373 e. The minimum atomic E-state index is -0.947. The Bertz CT molecular complexity index is 888. The fourth-order valence-electron chi connectivity index (χ4n) is 3.22. The van der Waals surface area contributed by atoms with Gasteiger partial charge in [0, 0.05) is 31.4 Å². The number of nitrogens with one attached hydrogen (secondary N) is 1. The van der Waals surface area contributed by atoms with Gasteiger partial charge in [0.05, 0.1) is 18.8 Å². The summed E-state index contributed by atoms with van der Waals surface area (Å²) in [6, 6.07) is 11.2. The zero-order valence-corrected chi connectivity index (χ0v) is 16.3. The van der Waals surface area contributed by atoms with Crippen LogP contribution in [0.3, 0.4) is 0 Å². The lowest BCUT2D eigenvalue weighted by atomic mass is 10.1. The predicted octanol–water partition coefficient (Wildman–Crippen LogP) is 3.02. The second-order valence-electron chi connectivity index (χ2n) is 7.01. The first-order chi connectivity index (χ1) is 14.0. The van der Waals surface area contributed by atoms with E-state index in [1.54, 1.807) is 0 Å². The molecule has 0 bridgehead atoms. The van der Waals surface area contributed by atoms with Crippen LogP contribution in [0, 0.1) is 11.6 Å². The van der Waals surface area contributed by atoms with Gasteiger partial charge in [-0.05, 0) is 48.4 Å². The number of hydrogen-bond acceptors (Lipinski definition) is 4. The molecule has 2 aromatic rings. The standard InChI is InChI=1S/C22H25F2N3O2/c1-15(26-22(28)8-6-16-5-7-20(23)21(24)11-16)17-3-2-4-18(12-17)27-9-10-29-19(13-25)14-27/h2-8,11-12,15,19H,9-10,13-14,25H2,1H3,(H,26,28)/b8-6+. The Morgan fingerprint density at radius 3 is 2.90 bits per heavy atom. The molecule has 1 aliphatic heterocycles. The van der Waals surface area contributed by atoms with Crippen molar-refractivity contribution in [3.05, 3.63) is 71.3 Å². The second-order valence-corrected chi connectivity index (χ2v) is 7.01. The summed E-state index contributed by atoms with van der Waals surface area (Å²) in [5.41, 5.74) is 8.15. The van der Waals surface area contributed by atoms with Crippen molar-refractivity contribution in [1.82, 2.24) is 5.32 Å². The maximum absolute atomic E-state index is 13.2. The number of morpholine rings is 1. The summed E-state index contributed by atoms with van der Waals surface area (Å²) in [5, 5.41) is 2.89. The Labute approximate surface area is 169 Å². The lowest BCUT2D eigenvalue weighted by molar-refractivity contribution is -0.117. The third-order valence-corrected chi connectivity index (χ3v) is 4.87. The van der Waals surface area contributed by atoms with E-state index in [-0.39, 0.29) is 18.1 Å². The summed E-state index contributed by atoms with van der Waals surface area (Å²) in [6.45, 7) is 4.53. The van der Waals surface area contributed by atoms with E-state index in [2.05, 4.69) is 10.2 Å². The average molecular weight is 401 g/mol. The molecule has 2 unspecified atom stereocenters. The zero-order chi connectivity index (χ0) is 20.8. The van der Waals surface area contributed by atoms with Crippen LogP contribution in [-0.4, -0.2) is 38.3 Å². The van der Waals surface area contributed by atoms with Crippen LogP contribution in [0.2, 0.25) is 0 Å². The lowest BCUT2D eigenvalue weighted by Crippen LogP contribution is -2.45. The number of halogens is 2. The Kier molecular flexibility index (Phi) is 6.95. The topological polar surface area (TPSA) is 67.6 Å². The van der Waals surface area contributed by atoms with Crippen molar-refractivity contribution in [2.45, 2.75) is 19.1 Å². The van der Waals surface area contributed by atoms with Crippen LogP contribution in [-0.2, 0) is 9.53 Å². The third-order valence-electron chi connectivity index (χ3n) is 4.87. The molecule has 154 valence electrons. The highest BCUT2D eigenvalue weighted by molar-refractivity contribution is 5.92. The number of hydrogen-bond donors (Lipinski definition) is 2. The van der Waals surface area contributed by atoms with E-state index >= 15 is 0 Å². The van der Waals surface area contributed by atoms with Gasteiger partial charge in [0.25, 0.3) is 0 Å². The molecule has 7 heteroatoms. The normalized spacial score (nSPS) is 18.1. The Morgan fingerprint density at radius 2 is 2.14 bits per heavy atom. The van der Waals surface area contributed by atoms with Crippen molar-refractivity contribution in [1.29, 1.82) is 0 Å². The first kappa shape index (κ1) is 21.0. The Balaban J connectivity index is 1.62. The van der Waals surface area contributed by atoms with Crippen LogP contribution in [0.25, 0.3) is 6.08 Å². The van der Waals surface area contributed by atoms with E-state index in [9.17, 15) is 13.6 Å². The molecule has 1 heterocycles. The smallest absolute Gasteiger partial charge is 0.244 e. The van der Waals surface area contributed by atoms with Crippen molar-refractivity contribution in [3.63, 3.8) is 0 Å². The van der Waals surface area contributed by atoms with Gasteiger partial charge in [-0.3, -0.25) is 4.79 Å². The highest BCUT2D eigenvalue weighted by Gasteiger charge is 2.20. The van der Waals surface area contributed by atoms with Crippen LogP contribution in [0.5, 0.6) is 0 Å². The average Bonchev–Trinajstić information content (AvgIpc) is 2.74. The predicted molar refractivity (Wildman–Crippen MR) is 109 cm³/mol. The summed E-state index contributed by atoms with van der Waals surface area (Å²) in [7, 11) is 0. The molecule has 3 rings (SSSR count). The third kappa shape index (κ3) is 5.62. The fourth-order valence-corrected chi connectivity index (χ4v) is 3.22. The van der Waals surface area contributed by atoms with Crippen LogP contribution >= 0.6 is 0 Å². The van der Waals surface area contributed by atoms with Gasteiger partial charge >= 0.3 is 0 Å². The summed E-state index contributed by atoms with van der Waals surface area (Å²) in [5.74, 6) is -2.18. The van der Waals surface area contributed by atoms with E-state index in [1.165, 1.54) is 18.2 Å². The van der Waals surface area contributed by atoms with Gasteiger partial charge in [0.1, 0.15) is 0 Å². The maximum Gasteiger partial charge on any atom is 0.244 e. The fraction of sp³-hybridized carbons (Fsp3) is 0.318. The largest absolute Gasteiger partial charge is 0.373 e. The number of nitrogens with zero attached hydrogens (tertiary/aromatic N) is 1. The second kappa shape index (κ2) is 9.62. The van der Waals surface area contributed by atoms with Crippen molar-refractivity contribution < 1.29 is 18.3 Å². The zero-order valence-electron chi connectivity index (χ0n) is 16.3. The molecule has 3 N–H and O–H groups in total.